The van der Waals surface area contributed by atoms with Crippen LogP contribution in [0.1, 0.15) is 11.1 Å². The summed E-state index contributed by atoms with van der Waals surface area (Å²) in [6, 6.07) is 9.73. The molecule has 3 rings (SSSR count). The molecule has 0 fully saturated rings. The van der Waals surface area contributed by atoms with Crippen LogP contribution in [0.2, 0.25) is 0 Å². The van der Waals surface area contributed by atoms with Gasteiger partial charge in [-0.1, -0.05) is 30.3 Å². The van der Waals surface area contributed by atoms with Gasteiger partial charge in [0.15, 0.2) is 0 Å². The fourth-order valence-corrected chi connectivity index (χ4v) is 3.74. The van der Waals surface area contributed by atoms with Crippen molar-refractivity contribution in [3.8, 4) is 5.75 Å². The minimum absolute atomic E-state index is 0.00620. The summed E-state index contributed by atoms with van der Waals surface area (Å²) in [4.78, 5) is 52.1. The maximum atomic E-state index is 12.9. The van der Waals surface area contributed by atoms with Gasteiger partial charge >= 0.3 is 5.97 Å². The molecule has 3 atom stereocenters. The smallest absolute Gasteiger partial charge is 0.322 e. The predicted octanol–water partition coefficient (Wildman–Crippen LogP) is -0.851. The third kappa shape index (κ3) is 7.53. The fourth-order valence-electron chi connectivity index (χ4n) is 3.74. The number of para-hydroxylation sites is 1. The van der Waals surface area contributed by atoms with Crippen molar-refractivity contribution in [1.29, 1.82) is 0 Å². The van der Waals surface area contributed by atoms with Crippen LogP contribution in [0.4, 0.5) is 0 Å². The van der Waals surface area contributed by atoms with E-state index in [-0.39, 0.29) is 18.6 Å². The van der Waals surface area contributed by atoms with Crippen LogP contribution in [0.25, 0.3) is 10.9 Å². The summed E-state index contributed by atoms with van der Waals surface area (Å²) in [5.74, 6) is -3.57. The first-order chi connectivity index (χ1) is 17.7. The van der Waals surface area contributed by atoms with E-state index in [0.717, 1.165) is 16.5 Å². The van der Waals surface area contributed by atoms with E-state index in [2.05, 4.69) is 20.9 Å². The highest BCUT2D eigenvalue weighted by atomic mass is 16.4. The SMILES string of the molecule is NC(Cc1c[nH]c2ccccc12)C(=O)NC(CO)C(=O)NC(Cc1ccc(O)cc1)C(=O)NCC(=O)O. The van der Waals surface area contributed by atoms with E-state index < -0.39 is 55.0 Å². The molecule has 0 aliphatic carbocycles. The largest absolute Gasteiger partial charge is 0.508 e. The number of amides is 3. The van der Waals surface area contributed by atoms with Crippen molar-refractivity contribution in [2.75, 3.05) is 13.2 Å². The molecule has 1 aromatic heterocycles. The van der Waals surface area contributed by atoms with E-state index in [1.165, 1.54) is 24.3 Å². The normalized spacial score (nSPS) is 13.4. The number of aliphatic carboxylic acids is 1. The summed E-state index contributed by atoms with van der Waals surface area (Å²) in [5, 5.41) is 36.0. The number of phenolic OH excluding ortho intramolecular Hbond substituents is 1. The average molecular weight is 512 g/mol. The molecule has 0 spiro atoms. The highest BCUT2D eigenvalue weighted by Crippen LogP contribution is 2.18. The van der Waals surface area contributed by atoms with Gasteiger partial charge in [0, 0.05) is 23.5 Å². The van der Waals surface area contributed by atoms with E-state index in [1.54, 1.807) is 6.20 Å². The summed E-state index contributed by atoms with van der Waals surface area (Å²) in [6.07, 6.45) is 1.89. The molecule has 2 aromatic carbocycles. The number of carboxylic acid groups (broad SMARTS) is 1. The molecule has 0 aliphatic rings. The molecule has 0 saturated heterocycles. The van der Waals surface area contributed by atoms with Gasteiger partial charge in [-0.25, -0.2) is 0 Å². The van der Waals surface area contributed by atoms with Gasteiger partial charge in [0.1, 0.15) is 24.4 Å². The number of hydrogen-bond acceptors (Lipinski definition) is 7. The molecule has 1 heterocycles. The molecule has 37 heavy (non-hydrogen) atoms. The van der Waals surface area contributed by atoms with Crippen LogP contribution in [0.15, 0.2) is 54.7 Å². The van der Waals surface area contributed by atoms with Crippen LogP contribution >= 0.6 is 0 Å². The predicted molar refractivity (Wildman–Crippen MR) is 133 cm³/mol. The lowest BCUT2D eigenvalue weighted by atomic mass is 10.0. The number of carbonyl (C=O) groups excluding carboxylic acids is 3. The van der Waals surface area contributed by atoms with Crippen molar-refractivity contribution in [2.45, 2.75) is 31.0 Å². The van der Waals surface area contributed by atoms with Crippen molar-refractivity contribution in [3.05, 3.63) is 65.9 Å². The Hall–Kier alpha value is -4.42. The molecule has 0 aliphatic heterocycles. The maximum Gasteiger partial charge on any atom is 0.322 e. The molecular formula is C25H29N5O7. The number of hydrogen-bond donors (Lipinski definition) is 8. The Kier molecular flexibility index (Phi) is 9.19. The number of aromatic nitrogens is 1. The number of nitrogens with one attached hydrogen (secondary N) is 4. The number of aromatic hydroxyl groups is 1. The maximum absolute atomic E-state index is 12.9. The molecule has 12 heteroatoms. The van der Waals surface area contributed by atoms with E-state index in [0.29, 0.717) is 5.56 Å². The van der Waals surface area contributed by atoms with Gasteiger partial charge in [-0.15, -0.1) is 0 Å². The molecule has 0 radical (unpaired) electrons. The third-order valence-corrected chi connectivity index (χ3v) is 5.69. The van der Waals surface area contributed by atoms with Gasteiger partial charge in [-0.2, -0.15) is 0 Å². The van der Waals surface area contributed by atoms with E-state index >= 15 is 0 Å². The number of aliphatic hydroxyl groups excluding tert-OH is 1. The Morgan fingerprint density at radius 1 is 0.892 bits per heavy atom. The Morgan fingerprint density at radius 2 is 1.57 bits per heavy atom. The standard InChI is InChI=1S/C25H29N5O7/c26-18(10-15-11-27-19-4-2-1-3-17(15)19)23(35)30-21(13-31)25(37)29-20(24(36)28-12-22(33)34)9-14-5-7-16(32)8-6-14/h1-8,11,18,20-21,27,31-32H,9-10,12-13,26H2,(H,28,36)(H,29,37)(H,30,35)(H,33,34). The van der Waals surface area contributed by atoms with Crippen LogP contribution in [0.5, 0.6) is 5.75 Å². The van der Waals surface area contributed by atoms with Crippen molar-refractivity contribution >= 4 is 34.6 Å². The molecule has 3 unspecified atom stereocenters. The Bertz CT molecular complexity index is 1260. The second-order valence-corrected chi connectivity index (χ2v) is 8.46. The van der Waals surface area contributed by atoms with Crippen molar-refractivity contribution in [3.63, 3.8) is 0 Å². The van der Waals surface area contributed by atoms with Crippen molar-refractivity contribution < 1.29 is 34.5 Å². The van der Waals surface area contributed by atoms with Crippen molar-refractivity contribution in [1.82, 2.24) is 20.9 Å². The first kappa shape index (κ1) is 27.2. The van der Waals surface area contributed by atoms with Crippen LogP contribution in [0.3, 0.4) is 0 Å². The van der Waals surface area contributed by atoms with Gasteiger partial charge < -0.3 is 42.0 Å². The van der Waals surface area contributed by atoms with Gasteiger partial charge in [-0.05, 0) is 35.7 Å². The summed E-state index contributed by atoms with van der Waals surface area (Å²) in [6.45, 7) is -1.43. The number of aliphatic hydroxyl groups is 1. The van der Waals surface area contributed by atoms with E-state index in [4.69, 9.17) is 10.8 Å². The number of phenols is 1. The van der Waals surface area contributed by atoms with Crippen LogP contribution in [-0.2, 0) is 32.0 Å². The quantitative estimate of drug-likeness (QED) is 0.153. The topological polar surface area (TPSA) is 207 Å². The molecule has 3 amide bonds. The Labute approximate surface area is 211 Å². The molecule has 196 valence electrons. The van der Waals surface area contributed by atoms with E-state index in [1.807, 2.05) is 24.3 Å². The Morgan fingerprint density at radius 3 is 2.24 bits per heavy atom. The lowest BCUT2D eigenvalue weighted by Crippen LogP contribution is -2.57. The molecule has 0 bridgehead atoms. The van der Waals surface area contributed by atoms with Gasteiger partial charge in [-0.3, -0.25) is 19.2 Å². The highest BCUT2D eigenvalue weighted by Gasteiger charge is 2.28. The third-order valence-electron chi connectivity index (χ3n) is 5.69. The van der Waals surface area contributed by atoms with Gasteiger partial charge in [0.05, 0.1) is 12.6 Å². The zero-order valence-corrected chi connectivity index (χ0v) is 19.8. The van der Waals surface area contributed by atoms with Crippen LogP contribution in [-0.4, -0.2) is 75.3 Å². The fraction of sp³-hybridized carbons (Fsp3) is 0.280. The lowest BCUT2D eigenvalue weighted by molar-refractivity contribution is -0.138. The molecule has 12 nitrogen and oxygen atoms in total. The van der Waals surface area contributed by atoms with E-state index in [9.17, 15) is 29.4 Å². The molecular weight excluding hydrogens is 482 g/mol. The first-order valence-electron chi connectivity index (χ1n) is 11.5. The van der Waals surface area contributed by atoms with Gasteiger partial charge in [0.2, 0.25) is 17.7 Å². The number of nitrogens with two attached hydrogens (primary N) is 1. The lowest BCUT2D eigenvalue weighted by Gasteiger charge is -2.23. The first-order valence-corrected chi connectivity index (χ1v) is 11.5. The average Bonchev–Trinajstić information content (AvgIpc) is 3.29. The van der Waals surface area contributed by atoms with Crippen LogP contribution in [0, 0.1) is 0 Å². The van der Waals surface area contributed by atoms with Crippen molar-refractivity contribution in [2.24, 2.45) is 5.73 Å². The number of carboxylic acids is 1. The summed E-state index contributed by atoms with van der Waals surface area (Å²) in [7, 11) is 0. The number of rotatable bonds is 12. The Balaban J connectivity index is 1.65. The monoisotopic (exact) mass is 511 g/mol. The second-order valence-electron chi connectivity index (χ2n) is 8.46. The minimum Gasteiger partial charge on any atom is -0.508 e. The molecule has 0 saturated carbocycles. The zero-order chi connectivity index (χ0) is 26.9. The number of carbonyl (C=O) groups is 4. The number of H-pyrrole nitrogens is 1. The van der Waals surface area contributed by atoms with Crippen LogP contribution < -0.4 is 21.7 Å². The number of aromatic amines is 1. The van der Waals surface area contributed by atoms with Gasteiger partial charge in [0.25, 0.3) is 0 Å². The second kappa shape index (κ2) is 12.5. The summed E-state index contributed by atoms with van der Waals surface area (Å²) in [5.41, 5.74) is 8.32. The number of fused-ring (bicyclic) bond motifs is 1. The highest BCUT2D eigenvalue weighted by molar-refractivity contribution is 5.94. The minimum atomic E-state index is -1.41. The number of benzene rings is 2. The zero-order valence-electron chi connectivity index (χ0n) is 19.8. The molecule has 3 aromatic rings. The summed E-state index contributed by atoms with van der Waals surface area (Å²) < 4.78 is 0. The molecule has 9 N–H and O–H groups in total. The summed E-state index contributed by atoms with van der Waals surface area (Å²) >= 11 is 0.